The van der Waals surface area contributed by atoms with Gasteiger partial charge in [0.15, 0.2) is 0 Å². The summed E-state index contributed by atoms with van der Waals surface area (Å²) < 4.78 is 2.42. The van der Waals surface area contributed by atoms with Gasteiger partial charge in [0, 0.05) is 28.5 Å². The summed E-state index contributed by atoms with van der Waals surface area (Å²) in [5.74, 6) is 0. The lowest BCUT2D eigenvalue weighted by Gasteiger charge is -2.30. The molecule has 0 radical (unpaired) electrons. The van der Waals surface area contributed by atoms with Crippen LogP contribution in [-0.2, 0) is 12.8 Å². The molecular formula is C55H48N2. The van der Waals surface area contributed by atoms with E-state index in [-0.39, 0.29) is 6.04 Å². The molecule has 2 heteroatoms. The van der Waals surface area contributed by atoms with E-state index in [0.717, 1.165) is 37.8 Å². The number of hydrogen-bond donors (Lipinski definition) is 0. The average molecular weight is 737 g/mol. The maximum Gasteiger partial charge on any atom is 0.0554 e. The Morgan fingerprint density at radius 3 is 2.39 bits per heavy atom. The summed E-state index contributed by atoms with van der Waals surface area (Å²) in [6, 6.07) is 33.3. The molecule has 5 aromatic carbocycles. The van der Waals surface area contributed by atoms with Crippen molar-refractivity contribution >= 4 is 56.2 Å². The first-order valence-corrected chi connectivity index (χ1v) is 20.3. The van der Waals surface area contributed by atoms with Gasteiger partial charge in [0.2, 0.25) is 0 Å². The Bertz CT molecular complexity index is 2800. The molecule has 0 aliphatic heterocycles. The fourth-order valence-corrected chi connectivity index (χ4v) is 9.01. The highest BCUT2D eigenvalue weighted by Gasteiger charge is 2.22. The second kappa shape index (κ2) is 15.8. The van der Waals surface area contributed by atoms with Crippen molar-refractivity contribution in [3.63, 3.8) is 0 Å². The van der Waals surface area contributed by atoms with Crippen LogP contribution in [0.15, 0.2) is 188 Å². The number of fused-ring (bicyclic) bond motifs is 7. The van der Waals surface area contributed by atoms with Crippen molar-refractivity contribution in [1.82, 2.24) is 9.47 Å². The number of hydrogen-bond acceptors (Lipinski definition) is 1. The number of rotatable bonds is 10. The number of allylic oxidation sites excluding steroid dienone is 11. The van der Waals surface area contributed by atoms with Gasteiger partial charge in [-0.25, -0.2) is 0 Å². The van der Waals surface area contributed by atoms with E-state index in [1.54, 1.807) is 0 Å². The molecule has 278 valence electrons. The molecule has 0 fully saturated rings. The number of benzene rings is 5. The Kier molecular flexibility index (Phi) is 10.0. The molecule has 0 N–H and O–H groups in total. The SMILES string of the molecule is C=C/C=C/N(C(=C)/C=C\C=C(/C)c1c2ccccc2cc2c1c1c(n2-c2ccccc2)C=CCC=C1)C1C=CC(Cc2cc3ccccc3c3c2CCC=C3)=CC1. The van der Waals surface area contributed by atoms with Crippen LogP contribution in [0.3, 0.4) is 0 Å². The summed E-state index contributed by atoms with van der Waals surface area (Å²) in [5.41, 5.74) is 14.0. The molecule has 0 saturated carbocycles. The number of aromatic nitrogens is 1. The minimum Gasteiger partial charge on any atom is -0.341 e. The van der Waals surface area contributed by atoms with E-state index < -0.39 is 0 Å². The molecule has 0 saturated heterocycles. The third-order valence-corrected chi connectivity index (χ3v) is 11.7. The highest BCUT2D eigenvalue weighted by molar-refractivity contribution is 6.13. The van der Waals surface area contributed by atoms with Crippen LogP contribution in [-0.4, -0.2) is 15.5 Å². The van der Waals surface area contributed by atoms with Crippen molar-refractivity contribution < 1.29 is 0 Å². The van der Waals surface area contributed by atoms with Crippen molar-refractivity contribution in [1.29, 1.82) is 0 Å². The smallest absolute Gasteiger partial charge is 0.0554 e. The summed E-state index contributed by atoms with van der Waals surface area (Å²) >= 11 is 0. The molecule has 57 heavy (non-hydrogen) atoms. The first kappa shape index (κ1) is 36.0. The van der Waals surface area contributed by atoms with E-state index in [1.807, 2.05) is 12.2 Å². The molecule has 1 unspecified atom stereocenters. The van der Waals surface area contributed by atoms with Gasteiger partial charge in [-0.3, -0.25) is 0 Å². The lowest BCUT2D eigenvalue weighted by molar-refractivity contribution is 0.404. The van der Waals surface area contributed by atoms with Gasteiger partial charge >= 0.3 is 0 Å². The fourth-order valence-electron chi connectivity index (χ4n) is 9.01. The Hall–Kier alpha value is -6.64. The minimum atomic E-state index is 0.159. The van der Waals surface area contributed by atoms with E-state index in [9.17, 15) is 0 Å². The summed E-state index contributed by atoms with van der Waals surface area (Å²) in [6.45, 7) is 10.8. The first-order valence-electron chi connectivity index (χ1n) is 20.3. The van der Waals surface area contributed by atoms with Crippen molar-refractivity contribution in [3.05, 3.63) is 222 Å². The standard InChI is InChI=1S/C55H48N2/c1-4-5-35-56(45-33-31-41(32-34-45)36-44-37-42-21-12-14-25-47(42)50-28-17-16-26-48(44)50)40(3)20-18-19-39(2)54-49-27-15-13-22-43(49)38-53-55(54)51-29-10-7-11-30-52(51)57(53)46-23-8-6-9-24-46/h4-6,8-15,17-25,27-33,35,37-38,45H,1,3,7,16,26,34,36H2,2H3/b20-18-,35-5+,39-19+. The molecule has 0 bridgehead atoms. The normalized spacial score (nSPS) is 16.4. The molecular weight excluding hydrogens is 689 g/mol. The minimum absolute atomic E-state index is 0.159. The lowest BCUT2D eigenvalue weighted by atomic mass is 9.85. The van der Waals surface area contributed by atoms with E-state index in [0.29, 0.717) is 0 Å². The first-order chi connectivity index (χ1) is 28.1. The van der Waals surface area contributed by atoms with Crippen LogP contribution in [0.25, 0.3) is 61.9 Å². The molecule has 1 aromatic heterocycles. The molecule has 3 aliphatic carbocycles. The largest absolute Gasteiger partial charge is 0.341 e. The van der Waals surface area contributed by atoms with E-state index in [2.05, 4.69) is 200 Å². The quantitative estimate of drug-likeness (QED) is 0.127. The third-order valence-electron chi connectivity index (χ3n) is 11.7. The molecule has 0 amide bonds. The van der Waals surface area contributed by atoms with Gasteiger partial charge in [-0.05, 0) is 130 Å². The molecule has 9 rings (SSSR count). The predicted octanol–water partition coefficient (Wildman–Crippen LogP) is 14.3. The van der Waals surface area contributed by atoms with Gasteiger partial charge in [0.1, 0.15) is 0 Å². The third kappa shape index (κ3) is 6.93. The van der Waals surface area contributed by atoms with Crippen molar-refractivity contribution in [3.8, 4) is 5.69 Å². The van der Waals surface area contributed by atoms with E-state index >= 15 is 0 Å². The van der Waals surface area contributed by atoms with Gasteiger partial charge in [-0.2, -0.15) is 0 Å². The highest BCUT2D eigenvalue weighted by Crippen LogP contribution is 2.41. The van der Waals surface area contributed by atoms with Crippen molar-refractivity contribution in [2.75, 3.05) is 0 Å². The molecule has 1 atom stereocenters. The molecule has 1 heterocycles. The Labute approximate surface area is 337 Å². The van der Waals surface area contributed by atoms with Crippen LogP contribution in [0.1, 0.15) is 59.7 Å². The molecule has 3 aliphatic rings. The van der Waals surface area contributed by atoms with Crippen LogP contribution in [0.5, 0.6) is 0 Å². The average Bonchev–Trinajstić information content (AvgIpc) is 3.36. The monoisotopic (exact) mass is 736 g/mol. The lowest BCUT2D eigenvalue weighted by Crippen LogP contribution is -2.28. The fraction of sp³-hybridized carbons (Fsp3) is 0.127. The number of nitrogens with zero attached hydrogens (tertiary/aromatic N) is 2. The Morgan fingerprint density at radius 2 is 1.58 bits per heavy atom. The van der Waals surface area contributed by atoms with Crippen molar-refractivity contribution in [2.45, 2.75) is 45.1 Å². The summed E-state index contributed by atoms with van der Waals surface area (Å²) in [4.78, 5) is 2.26. The van der Waals surface area contributed by atoms with Crippen LogP contribution in [0, 0.1) is 0 Å². The van der Waals surface area contributed by atoms with E-state index in [4.69, 9.17) is 0 Å². The van der Waals surface area contributed by atoms with Crippen LogP contribution >= 0.6 is 0 Å². The van der Waals surface area contributed by atoms with Gasteiger partial charge in [0.25, 0.3) is 0 Å². The molecule has 0 spiro atoms. The second-order valence-electron chi connectivity index (χ2n) is 15.3. The molecule has 6 aromatic rings. The number of para-hydroxylation sites is 1. The van der Waals surface area contributed by atoms with Gasteiger partial charge < -0.3 is 9.47 Å². The van der Waals surface area contributed by atoms with Crippen LogP contribution in [0.4, 0.5) is 0 Å². The van der Waals surface area contributed by atoms with Gasteiger partial charge in [0.05, 0.1) is 17.3 Å². The predicted molar refractivity (Wildman–Crippen MR) is 247 cm³/mol. The Morgan fingerprint density at radius 1 is 0.825 bits per heavy atom. The van der Waals surface area contributed by atoms with Crippen LogP contribution < -0.4 is 0 Å². The molecule has 2 nitrogen and oxygen atoms in total. The van der Waals surface area contributed by atoms with Gasteiger partial charge in [-0.1, -0.05) is 153 Å². The maximum absolute atomic E-state index is 4.56. The topological polar surface area (TPSA) is 8.17 Å². The second-order valence-corrected chi connectivity index (χ2v) is 15.3. The van der Waals surface area contributed by atoms with Crippen molar-refractivity contribution in [2.24, 2.45) is 0 Å². The summed E-state index contributed by atoms with van der Waals surface area (Å²) in [5, 5.41) is 6.45. The Balaban J connectivity index is 1.01. The zero-order valence-electron chi connectivity index (χ0n) is 32.7. The highest BCUT2D eigenvalue weighted by atomic mass is 15.1. The zero-order chi connectivity index (χ0) is 38.7. The van der Waals surface area contributed by atoms with E-state index in [1.165, 1.54) is 82.8 Å². The van der Waals surface area contributed by atoms with Crippen LogP contribution in [0.2, 0.25) is 0 Å². The maximum atomic E-state index is 4.56. The zero-order valence-corrected chi connectivity index (χ0v) is 32.7. The van der Waals surface area contributed by atoms with Gasteiger partial charge in [-0.15, -0.1) is 0 Å². The summed E-state index contributed by atoms with van der Waals surface area (Å²) in [6.07, 6.45) is 38.3. The summed E-state index contributed by atoms with van der Waals surface area (Å²) in [7, 11) is 0.